The van der Waals surface area contributed by atoms with Crippen molar-refractivity contribution >= 4 is 12.0 Å². The molecule has 0 aromatic carbocycles. The minimum absolute atomic E-state index is 0.387. The lowest BCUT2D eigenvalue weighted by Gasteiger charge is -2.25. The maximum Gasteiger partial charge on any atom is 0.329 e. The summed E-state index contributed by atoms with van der Waals surface area (Å²) in [5, 5.41) is 14.6. The van der Waals surface area contributed by atoms with Gasteiger partial charge in [0.25, 0.3) is 0 Å². The number of rotatable bonds is 7. The van der Waals surface area contributed by atoms with Gasteiger partial charge in [0, 0.05) is 25.5 Å². The van der Waals surface area contributed by atoms with Gasteiger partial charge in [0.1, 0.15) is 5.54 Å². The van der Waals surface area contributed by atoms with Crippen molar-refractivity contribution in [3.8, 4) is 0 Å². The van der Waals surface area contributed by atoms with E-state index in [2.05, 4.69) is 15.6 Å². The number of aryl methyl sites for hydroxylation is 1. The van der Waals surface area contributed by atoms with Crippen molar-refractivity contribution in [3.63, 3.8) is 0 Å². The van der Waals surface area contributed by atoms with Crippen LogP contribution in [0.25, 0.3) is 0 Å². The van der Waals surface area contributed by atoms with Gasteiger partial charge in [0.05, 0.1) is 6.33 Å². The van der Waals surface area contributed by atoms with Crippen LogP contribution in [0.5, 0.6) is 0 Å². The number of aromatic nitrogens is 2. The van der Waals surface area contributed by atoms with E-state index in [1.807, 2.05) is 10.8 Å². The second kappa shape index (κ2) is 7.10. The number of carboxylic acid groups (broad SMARTS) is 1. The fourth-order valence-electron chi connectivity index (χ4n) is 2.67. The third kappa shape index (κ3) is 4.21. The fraction of sp³-hybridized carbons (Fsp3) is 0.643. The Morgan fingerprint density at radius 3 is 2.67 bits per heavy atom. The topological polar surface area (TPSA) is 96.3 Å². The predicted octanol–water partition coefficient (Wildman–Crippen LogP) is 1.36. The van der Waals surface area contributed by atoms with Crippen LogP contribution in [0.3, 0.4) is 0 Å². The van der Waals surface area contributed by atoms with Crippen LogP contribution in [0, 0.1) is 0 Å². The van der Waals surface area contributed by atoms with Crippen LogP contribution in [0.1, 0.15) is 38.5 Å². The zero-order valence-corrected chi connectivity index (χ0v) is 12.0. The van der Waals surface area contributed by atoms with Gasteiger partial charge in [0.2, 0.25) is 0 Å². The molecule has 0 saturated heterocycles. The Labute approximate surface area is 123 Å². The Balaban J connectivity index is 1.64. The van der Waals surface area contributed by atoms with Crippen LogP contribution < -0.4 is 10.6 Å². The van der Waals surface area contributed by atoms with Gasteiger partial charge in [-0.05, 0) is 25.7 Å². The quantitative estimate of drug-likeness (QED) is 0.662. The number of carbonyl (C=O) groups is 2. The molecule has 1 aromatic heterocycles. The SMILES string of the molecule is O=C(NCCCCn1ccnc1)NC1(C(=O)O)CCCC1. The van der Waals surface area contributed by atoms with E-state index in [-0.39, 0.29) is 6.03 Å². The van der Waals surface area contributed by atoms with Crippen molar-refractivity contribution in [3.05, 3.63) is 18.7 Å². The number of urea groups is 1. The van der Waals surface area contributed by atoms with Crippen molar-refractivity contribution in [1.82, 2.24) is 20.2 Å². The lowest BCUT2D eigenvalue weighted by atomic mass is 9.98. The molecule has 0 spiro atoms. The molecule has 1 saturated carbocycles. The molecule has 3 N–H and O–H groups in total. The van der Waals surface area contributed by atoms with Crippen LogP contribution >= 0.6 is 0 Å². The molecule has 0 aliphatic heterocycles. The second-order valence-corrected chi connectivity index (χ2v) is 5.48. The first-order chi connectivity index (χ1) is 10.1. The zero-order valence-electron chi connectivity index (χ0n) is 12.0. The predicted molar refractivity (Wildman–Crippen MR) is 76.8 cm³/mol. The summed E-state index contributed by atoms with van der Waals surface area (Å²) < 4.78 is 1.98. The Hall–Kier alpha value is -2.05. The molecule has 1 aliphatic carbocycles. The molecule has 116 valence electrons. The fourth-order valence-corrected chi connectivity index (χ4v) is 2.67. The van der Waals surface area contributed by atoms with Crippen LogP contribution in [0.4, 0.5) is 4.79 Å². The maximum absolute atomic E-state index is 11.8. The van der Waals surface area contributed by atoms with E-state index in [1.54, 1.807) is 12.5 Å². The van der Waals surface area contributed by atoms with E-state index in [1.165, 1.54) is 0 Å². The number of hydrogen-bond acceptors (Lipinski definition) is 3. The molecule has 2 amide bonds. The number of imidazole rings is 1. The molecule has 1 heterocycles. The molecular formula is C14H22N4O3. The van der Waals surface area contributed by atoms with Gasteiger partial charge in [0.15, 0.2) is 0 Å². The van der Waals surface area contributed by atoms with E-state index in [4.69, 9.17) is 0 Å². The van der Waals surface area contributed by atoms with E-state index in [9.17, 15) is 14.7 Å². The van der Waals surface area contributed by atoms with Crippen molar-refractivity contribution < 1.29 is 14.7 Å². The highest BCUT2D eigenvalue weighted by Crippen LogP contribution is 2.29. The number of nitrogens with zero attached hydrogens (tertiary/aromatic N) is 2. The van der Waals surface area contributed by atoms with Gasteiger partial charge in [-0.15, -0.1) is 0 Å². The lowest BCUT2D eigenvalue weighted by Crippen LogP contribution is -2.55. The van der Waals surface area contributed by atoms with E-state index in [0.717, 1.165) is 32.2 Å². The number of carboxylic acids is 1. The minimum Gasteiger partial charge on any atom is -0.480 e. The van der Waals surface area contributed by atoms with Gasteiger partial charge in [-0.2, -0.15) is 0 Å². The summed E-state index contributed by atoms with van der Waals surface area (Å²) in [5.74, 6) is -0.935. The molecule has 2 rings (SSSR count). The summed E-state index contributed by atoms with van der Waals surface area (Å²) in [7, 11) is 0. The molecule has 0 atom stereocenters. The highest BCUT2D eigenvalue weighted by atomic mass is 16.4. The lowest BCUT2D eigenvalue weighted by molar-refractivity contribution is -0.144. The third-order valence-electron chi connectivity index (χ3n) is 3.91. The number of amides is 2. The number of aliphatic carboxylic acids is 1. The summed E-state index contributed by atoms with van der Waals surface area (Å²) >= 11 is 0. The molecule has 7 heteroatoms. The minimum atomic E-state index is -1.07. The monoisotopic (exact) mass is 294 g/mol. The van der Waals surface area contributed by atoms with Gasteiger partial charge in [-0.25, -0.2) is 14.6 Å². The van der Waals surface area contributed by atoms with Gasteiger partial charge in [-0.3, -0.25) is 0 Å². The standard InChI is InChI=1S/C14H22N4O3/c19-12(20)14(5-1-2-6-14)17-13(21)16-7-3-4-9-18-10-8-15-11-18/h8,10-11H,1-7,9H2,(H,19,20)(H2,16,17,21). The van der Waals surface area contributed by atoms with Gasteiger partial charge >= 0.3 is 12.0 Å². The average Bonchev–Trinajstić information content (AvgIpc) is 3.10. The highest BCUT2D eigenvalue weighted by molar-refractivity contribution is 5.86. The Bertz CT molecular complexity index is 467. The van der Waals surface area contributed by atoms with Crippen LogP contribution in [0.15, 0.2) is 18.7 Å². The Morgan fingerprint density at radius 1 is 1.29 bits per heavy atom. The average molecular weight is 294 g/mol. The molecule has 1 aromatic rings. The summed E-state index contributed by atoms with van der Waals surface area (Å²) in [6.07, 6.45) is 9.88. The molecule has 0 radical (unpaired) electrons. The van der Waals surface area contributed by atoms with Crippen molar-refractivity contribution in [2.24, 2.45) is 0 Å². The molecule has 7 nitrogen and oxygen atoms in total. The summed E-state index contributed by atoms with van der Waals surface area (Å²) in [6.45, 7) is 1.40. The smallest absolute Gasteiger partial charge is 0.329 e. The number of nitrogens with one attached hydrogen (secondary N) is 2. The largest absolute Gasteiger partial charge is 0.480 e. The van der Waals surface area contributed by atoms with E-state index < -0.39 is 11.5 Å². The van der Waals surface area contributed by atoms with E-state index >= 15 is 0 Å². The van der Waals surface area contributed by atoms with Crippen LogP contribution in [-0.4, -0.2) is 38.7 Å². The molecule has 21 heavy (non-hydrogen) atoms. The molecular weight excluding hydrogens is 272 g/mol. The first kappa shape index (κ1) is 15.3. The molecule has 0 unspecified atom stereocenters. The van der Waals surface area contributed by atoms with Crippen molar-refractivity contribution in [2.45, 2.75) is 50.6 Å². The number of hydrogen-bond donors (Lipinski definition) is 3. The van der Waals surface area contributed by atoms with E-state index in [0.29, 0.717) is 19.4 Å². The first-order valence-corrected chi connectivity index (χ1v) is 7.37. The van der Waals surface area contributed by atoms with Crippen LogP contribution in [-0.2, 0) is 11.3 Å². The second-order valence-electron chi connectivity index (χ2n) is 5.48. The van der Waals surface area contributed by atoms with Gasteiger partial charge in [-0.1, -0.05) is 12.8 Å². The summed E-state index contributed by atoms with van der Waals surface area (Å²) in [6, 6.07) is -0.387. The summed E-state index contributed by atoms with van der Waals surface area (Å²) in [5.41, 5.74) is -1.07. The highest BCUT2D eigenvalue weighted by Gasteiger charge is 2.42. The zero-order chi connectivity index (χ0) is 15.1. The van der Waals surface area contributed by atoms with Crippen molar-refractivity contribution in [1.29, 1.82) is 0 Å². The van der Waals surface area contributed by atoms with Crippen LogP contribution in [0.2, 0.25) is 0 Å². The number of carbonyl (C=O) groups excluding carboxylic acids is 1. The van der Waals surface area contributed by atoms with Gasteiger partial charge < -0.3 is 20.3 Å². The third-order valence-corrected chi connectivity index (χ3v) is 3.91. The Morgan fingerprint density at radius 2 is 2.05 bits per heavy atom. The Kier molecular flexibility index (Phi) is 5.19. The molecule has 0 bridgehead atoms. The normalized spacial score (nSPS) is 16.6. The van der Waals surface area contributed by atoms with Crippen molar-refractivity contribution in [2.75, 3.05) is 6.54 Å². The number of unbranched alkanes of at least 4 members (excludes halogenated alkanes) is 1. The summed E-state index contributed by atoms with van der Waals surface area (Å²) in [4.78, 5) is 27.1. The maximum atomic E-state index is 11.8. The first-order valence-electron chi connectivity index (χ1n) is 7.37. The molecule has 1 aliphatic rings. The molecule has 1 fully saturated rings.